The minimum atomic E-state index is -2.79. The van der Waals surface area contributed by atoms with Crippen LogP contribution in [0.25, 0.3) is 0 Å². The average Bonchev–Trinajstić information content (AvgIpc) is 2.70. The van der Waals surface area contributed by atoms with E-state index < -0.39 is 55.4 Å². The van der Waals surface area contributed by atoms with Gasteiger partial charge in [-0.3, -0.25) is 9.36 Å². The first-order valence-electron chi connectivity index (χ1n) is 7.71. The number of rotatable bonds is 3. The summed E-state index contributed by atoms with van der Waals surface area (Å²) in [5, 5.41) is 19.0. The van der Waals surface area contributed by atoms with E-state index in [2.05, 4.69) is 4.98 Å². The lowest BCUT2D eigenvalue weighted by atomic mass is 10.2. The van der Waals surface area contributed by atoms with Gasteiger partial charge in [-0.15, -0.1) is 0 Å². The van der Waals surface area contributed by atoms with Gasteiger partial charge >= 0.3 is 6.01 Å². The average molecular weight is 266 g/mol. The number of hydrogen-bond acceptors (Lipinski definition) is 6. The summed E-state index contributed by atoms with van der Waals surface area (Å²) in [5.74, 6) is 0. The molecule has 1 unspecified atom stereocenters. The zero-order valence-electron chi connectivity index (χ0n) is 14.5. The molecule has 0 radical (unpaired) electrons. The van der Waals surface area contributed by atoms with Crippen molar-refractivity contribution in [3.8, 4) is 6.01 Å². The molecule has 2 heterocycles. The Morgan fingerprint density at radius 2 is 2.67 bits per heavy atom. The monoisotopic (exact) mass is 266 g/mol. The summed E-state index contributed by atoms with van der Waals surface area (Å²) in [6, 6.07) is -0.443. The molecule has 0 amide bonds. The third-order valence-electron chi connectivity index (χ3n) is 2.46. The Kier molecular flexibility index (Phi) is 2.21. The molecule has 4 atom stereocenters. The van der Waals surface area contributed by atoms with Crippen LogP contribution in [-0.2, 0) is 4.74 Å². The first-order chi connectivity index (χ1) is 10.6. The molecule has 1 aromatic heterocycles. The van der Waals surface area contributed by atoms with Crippen molar-refractivity contribution in [2.24, 2.45) is 0 Å². The maximum Gasteiger partial charge on any atom is 0.301 e. The van der Waals surface area contributed by atoms with Crippen molar-refractivity contribution >= 4 is 0 Å². The molecular weight excluding hydrogens is 240 g/mol. The largest absolute Gasteiger partial charge is 0.468 e. The third kappa shape index (κ3) is 2.24. The van der Waals surface area contributed by atoms with E-state index in [1.165, 1.54) is 0 Å². The van der Waals surface area contributed by atoms with Crippen molar-refractivity contribution in [1.29, 1.82) is 0 Å². The second kappa shape index (κ2) is 5.05. The summed E-state index contributed by atoms with van der Waals surface area (Å²) in [5.41, 5.74) is -1.73. The number of hydrogen-bond donors (Lipinski definition) is 2. The molecule has 1 aromatic rings. The number of ether oxygens (including phenoxy) is 2. The molecule has 18 heavy (non-hydrogen) atoms. The van der Waals surface area contributed by atoms with Gasteiger partial charge in [0.05, 0.1) is 21.2 Å². The van der Waals surface area contributed by atoms with E-state index >= 15 is 0 Å². The Hall–Kier alpha value is -1.44. The number of nitrogens with zero attached hydrogens (tertiary/aromatic N) is 2. The minimum Gasteiger partial charge on any atom is -0.468 e. The highest BCUT2D eigenvalue weighted by Gasteiger charge is 2.35. The van der Waals surface area contributed by atoms with E-state index in [1.54, 1.807) is 0 Å². The quantitative estimate of drug-likeness (QED) is 0.744. The van der Waals surface area contributed by atoms with Crippen molar-refractivity contribution < 1.29 is 26.5 Å². The predicted molar refractivity (Wildman–Crippen MR) is 61.4 cm³/mol. The van der Waals surface area contributed by atoms with Crippen molar-refractivity contribution in [1.82, 2.24) is 9.55 Å². The molecule has 0 spiro atoms. The molecule has 2 N–H and O–H groups in total. The van der Waals surface area contributed by atoms with Gasteiger partial charge in [0.25, 0.3) is 5.56 Å². The molecule has 1 aliphatic rings. The Labute approximate surface area is 111 Å². The zero-order chi connectivity index (χ0) is 17.6. The van der Waals surface area contributed by atoms with Gasteiger partial charge in [-0.05, 0) is 6.85 Å². The van der Waals surface area contributed by atoms with Crippen molar-refractivity contribution in [2.75, 3.05) is 13.7 Å². The lowest BCUT2D eigenvalue weighted by Crippen LogP contribution is -2.24. The van der Waals surface area contributed by atoms with Crippen molar-refractivity contribution in [2.45, 2.75) is 31.7 Å². The van der Waals surface area contributed by atoms with E-state index in [1.807, 2.05) is 0 Å². The zero-order valence-corrected chi connectivity index (χ0v) is 9.53. The maximum atomic E-state index is 11.8. The summed E-state index contributed by atoms with van der Waals surface area (Å²) < 4.78 is 49.0. The van der Waals surface area contributed by atoms with E-state index in [4.69, 9.17) is 21.4 Å². The minimum absolute atomic E-state index is 0.443. The molecule has 1 fully saturated rings. The molecule has 1 saturated heterocycles. The van der Waals surface area contributed by atoms with Gasteiger partial charge in [-0.2, -0.15) is 4.98 Å². The third-order valence-corrected chi connectivity index (χ3v) is 2.46. The van der Waals surface area contributed by atoms with Crippen LogP contribution in [0.2, 0.25) is 0 Å². The van der Waals surface area contributed by atoms with Crippen LogP contribution >= 0.6 is 0 Å². The molecule has 1 aliphatic heterocycles. The highest BCUT2D eigenvalue weighted by molar-refractivity contribution is 5.09. The summed E-state index contributed by atoms with van der Waals surface area (Å²) >= 11 is 0. The van der Waals surface area contributed by atoms with Crippen molar-refractivity contribution in [3.05, 3.63) is 22.1 Å². The predicted octanol–water partition coefficient (Wildman–Crippen LogP) is -0.799. The summed E-state index contributed by atoms with van der Waals surface area (Å²) in [6.45, 7) is -3.43. The fourth-order valence-electron chi connectivity index (χ4n) is 1.54. The summed E-state index contributed by atoms with van der Waals surface area (Å²) in [7, 11) is 1.14. The van der Waals surface area contributed by atoms with E-state index in [0.717, 1.165) is 17.9 Å². The number of aliphatic hydroxyl groups excluding tert-OH is 2. The van der Waals surface area contributed by atoms with Gasteiger partial charge < -0.3 is 19.7 Å². The lowest BCUT2D eigenvalue weighted by molar-refractivity contribution is -0.0470. The molecule has 0 aliphatic carbocycles. The Morgan fingerprint density at radius 1 is 1.89 bits per heavy atom. The van der Waals surface area contributed by atoms with Gasteiger partial charge in [-0.1, -0.05) is 0 Å². The number of methoxy groups -OCH3 is 1. The number of aromatic nitrogens is 2. The van der Waals surface area contributed by atoms with Crippen LogP contribution in [0.15, 0.2) is 11.0 Å². The fraction of sp³-hybridized carbons (Fsp3) is 0.636. The smallest absolute Gasteiger partial charge is 0.301 e. The molecule has 0 saturated carbocycles. The van der Waals surface area contributed by atoms with Crippen LogP contribution in [0, 0.1) is 6.85 Å². The molecule has 0 aromatic carbocycles. The first kappa shape index (κ1) is 7.88. The second-order valence-corrected chi connectivity index (χ2v) is 3.65. The Balaban J connectivity index is 2.64. The van der Waals surface area contributed by atoms with Crippen LogP contribution < -0.4 is 10.3 Å². The molecule has 7 heteroatoms. The number of aryl methyl sites for hydroxylation is 1. The van der Waals surface area contributed by atoms with Crippen LogP contribution in [-0.4, -0.2) is 45.7 Å². The van der Waals surface area contributed by atoms with Crippen LogP contribution in [0.4, 0.5) is 0 Å². The summed E-state index contributed by atoms with van der Waals surface area (Å²) in [6.07, 6.45) is -5.81. The van der Waals surface area contributed by atoms with Crippen molar-refractivity contribution in [3.63, 3.8) is 0 Å². The number of aliphatic hydroxyl groups is 2. The van der Waals surface area contributed by atoms with Gasteiger partial charge in [0.2, 0.25) is 0 Å². The van der Waals surface area contributed by atoms with E-state index in [9.17, 15) is 9.90 Å². The highest BCUT2D eigenvalue weighted by atomic mass is 16.5. The van der Waals surface area contributed by atoms with Gasteiger partial charge in [0.1, 0.15) is 12.3 Å². The highest BCUT2D eigenvalue weighted by Crippen LogP contribution is 2.30. The Bertz CT molecular complexity index is 651. The molecule has 100 valence electrons. The van der Waals surface area contributed by atoms with Crippen LogP contribution in [0.3, 0.4) is 0 Å². The fourth-order valence-corrected chi connectivity index (χ4v) is 1.54. The van der Waals surface area contributed by atoms with Gasteiger partial charge in [-0.25, -0.2) is 0 Å². The van der Waals surface area contributed by atoms with E-state index in [-0.39, 0.29) is 0 Å². The normalized spacial score (nSPS) is 40.4. The topological polar surface area (TPSA) is 93.8 Å². The summed E-state index contributed by atoms with van der Waals surface area (Å²) in [4.78, 5) is 15.2. The lowest BCUT2D eigenvalue weighted by Gasteiger charge is -2.18. The van der Waals surface area contributed by atoms with E-state index in [0.29, 0.717) is 0 Å². The molecule has 0 bridgehead atoms. The van der Waals surface area contributed by atoms with Crippen LogP contribution in [0.1, 0.15) is 25.0 Å². The molecule has 2 rings (SSSR count). The van der Waals surface area contributed by atoms with Gasteiger partial charge in [0, 0.05) is 23.6 Å². The maximum absolute atomic E-state index is 11.8. The standard InChI is InChI=1S/C11H16N2O5/c1-6-4-13(11(17-2)12-10(6)16)9-3-7(15)8(5-14)18-9/h4,7-9,14-15H,3,5H2,1-2H3/t7-,8+,9+/m0/s1/i1T3,3T,9T/t3?,7-,8+,9+. The first-order valence-corrected chi connectivity index (χ1v) is 5.14. The van der Waals surface area contributed by atoms with Gasteiger partial charge in [0.15, 0.2) is 0 Å². The molecular formula is C11H16N2O5. The molecule has 7 nitrogen and oxygen atoms in total. The SMILES string of the molecule is [3H]C1[C@H](O)[C@@H](CO)O[C@@]1([3H])n1cc(C([3H])([3H])[3H])c(=O)nc1OC. The Morgan fingerprint density at radius 3 is 3.22 bits per heavy atom. The van der Waals surface area contributed by atoms with Crippen LogP contribution in [0.5, 0.6) is 6.01 Å². The second-order valence-electron chi connectivity index (χ2n) is 3.65.